The van der Waals surface area contributed by atoms with Crippen molar-refractivity contribution in [1.82, 2.24) is 4.98 Å². The number of rotatable bonds is 6. The second-order valence-electron chi connectivity index (χ2n) is 4.87. The number of aliphatic hydroxyl groups is 1. The van der Waals surface area contributed by atoms with Crippen LogP contribution in [0, 0.1) is 0 Å². The van der Waals surface area contributed by atoms with Crippen molar-refractivity contribution in [3.05, 3.63) is 54.2 Å². The molecule has 2 aromatic rings. The van der Waals surface area contributed by atoms with Gasteiger partial charge in [0.25, 0.3) is 0 Å². The number of nitrogens with one attached hydrogen (secondary N) is 2. The fourth-order valence-electron chi connectivity index (χ4n) is 1.84. The molecular formula is C16H19N3O2. The molecule has 0 saturated carbocycles. The average molecular weight is 285 g/mol. The Hall–Kier alpha value is -2.40. The number of anilines is 2. The van der Waals surface area contributed by atoms with Crippen molar-refractivity contribution in [2.24, 2.45) is 0 Å². The number of aliphatic hydroxyl groups excluding tert-OH is 1. The molecule has 2 rings (SSSR count). The van der Waals surface area contributed by atoms with Crippen molar-refractivity contribution in [2.45, 2.75) is 26.0 Å². The number of hydrogen-bond acceptors (Lipinski definition) is 4. The summed E-state index contributed by atoms with van der Waals surface area (Å²) in [5.74, 6) is 0.518. The average Bonchev–Trinajstić information content (AvgIpc) is 2.47. The number of aromatic nitrogens is 1. The zero-order chi connectivity index (χ0) is 15.1. The van der Waals surface area contributed by atoms with Gasteiger partial charge >= 0.3 is 0 Å². The molecule has 110 valence electrons. The Balaban J connectivity index is 1.86. The third kappa shape index (κ3) is 5.24. The molecule has 5 heteroatoms. The monoisotopic (exact) mass is 285 g/mol. The summed E-state index contributed by atoms with van der Waals surface area (Å²) in [6, 6.07) is 13.6. The van der Waals surface area contributed by atoms with Gasteiger partial charge in [0.2, 0.25) is 5.91 Å². The summed E-state index contributed by atoms with van der Waals surface area (Å²) in [5, 5.41) is 15.0. The smallest absolute Gasteiger partial charge is 0.227 e. The lowest BCUT2D eigenvalue weighted by Gasteiger charge is -2.08. The molecule has 1 aromatic heterocycles. The van der Waals surface area contributed by atoms with Crippen LogP contribution in [-0.2, 0) is 11.3 Å². The number of carbonyl (C=O) groups is 1. The molecule has 0 aliphatic rings. The molecule has 21 heavy (non-hydrogen) atoms. The Morgan fingerprint density at radius 2 is 2.00 bits per heavy atom. The molecule has 1 unspecified atom stereocenters. The van der Waals surface area contributed by atoms with E-state index in [1.165, 1.54) is 5.56 Å². The lowest BCUT2D eigenvalue weighted by Crippen LogP contribution is -2.17. The minimum Gasteiger partial charge on any atom is -0.393 e. The molecule has 0 spiro atoms. The molecule has 0 bridgehead atoms. The van der Waals surface area contributed by atoms with E-state index in [1.54, 1.807) is 25.3 Å². The maximum absolute atomic E-state index is 11.5. The van der Waals surface area contributed by atoms with Gasteiger partial charge in [-0.2, -0.15) is 0 Å². The quantitative estimate of drug-likeness (QED) is 0.762. The number of amides is 1. The van der Waals surface area contributed by atoms with Crippen molar-refractivity contribution < 1.29 is 9.90 Å². The highest BCUT2D eigenvalue weighted by atomic mass is 16.3. The first-order chi connectivity index (χ1) is 10.1. The molecule has 0 radical (unpaired) electrons. The molecule has 1 heterocycles. The van der Waals surface area contributed by atoms with Crippen LogP contribution in [0.4, 0.5) is 11.5 Å². The molecule has 1 amide bonds. The summed E-state index contributed by atoms with van der Waals surface area (Å²) in [6.07, 6.45) is 1.02. The van der Waals surface area contributed by atoms with E-state index in [2.05, 4.69) is 15.6 Å². The summed E-state index contributed by atoms with van der Waals surface area (Å²) < 4.78 is 0. The molecule has 3 N–H and O–H groups in total. The fourth-order valence-corrected chi connectivity index (χ4v) is 1.84. The van der Waals surface area contributed by atoms with E-state index in [0.29, 0.717) is 12.2 Å². The topological polar surface area (TPSA) is 74.2 Å². The van der Waals surface area contributed by atoms with Gasteiger partial charge in [0.15, 0.2) is 0 Å². The second-order valence-corrected chi connectivity index (χ2v) is 4.87. The Morgan fingerprint density at radius 1 is 1.24 bits per heavy atom. The molecule has 1 atom stereocenters. The predicted molar refractivity (Wildman–Crippen MR) is 82.9 cm³/mol. The van der Waals surface area contributed by atoms with Gasteiger partial charge < -0.3 is 15.7 Å². The SMILES string of the molecule is CC(O)CC(=O)Nc1ccc(NCc2ccccc2)nc1. The lowest BCUT2D eigenvalue weighted by molar-refractivity contribution is -0.117. The Bertz CT molecular complexity index is 568. The van der Waals surface area contributed by atoms with Crippen LogP contribution in [0.15, 0.2) is 48.7 Å². The first-order valence-corrected chi connectivity index (χ1v) is 6.85. The summed E-state index contributed by atoms with van der Waals surface area (Å²) in [5.41, 5.74) is 1.79. The van der Waals surface area contributed by atoms with Gasteiger partial charge in [0.1, 0.15) is 5.82 Å². The van der Waals surface area contributed by atoms with Gasteiger partial charge in [-0.25, -0.2) is 4.98 Å². The zero-order valence-electron chi connectivity index (χ0n) is 11.9. The van der Waals surface area contributed by atoms with Crippen molar-refractivity contribution in [3.8, 4) is 0 Å². The van der Waals surface area contributed by atoms with Crippen molar-refractivity contribution in [1.29, 1.82) is 0 Å². The molecule has 1 aromatic carbocycles. The highest BCUT2D eigenvalue weighted by molar-refractivity contribution is 5.90. The van der Waals surface area contributed by atoms with E-state index in [9.17, 15) is 4.79 Å². The van der Waals surface area contributed by atoms with Gasteiger partial charge in [-0.15, -0.1) is 0 Å². The number of carbonyl (C=O) groups excluding carboxylic acids is 1. The van der Waals surface area contributed by atoms with E-state index in [-0.39, 0.29) is 12.3 Å². The van der Waals surface area contributed by atoms with Crippen LogP contribution in [0.2, 0.25) is 0 Å². The van der Waals surface area contributed by atoms with Crippen LogP contribution in [0.5, 0.6) is 0 Å². The standard InChI is InChI=1S/C16H19N3O2/c1-12(20)9-16(21)19-14-7-8-15(18-11-14)17-10-13-5-3-2-4-6-13/h2-8,11-12,20H,9-10H2,1H3,(H,17,18)(H,19,21). The van der Waals surface area contributed by atoms with E-state index in [1.807, 2.05) is 30.3 Å². The largest absolute Gasteiger partial charge is 0.393 e. The number of pyridine rings is 1. The van der Waals surface area contributed by atoms with Gasteiger partial charge in [-0.3, -0.25) is 4.79 Å². The third-order valence-electron chi connectivity index (χ3n) is 2.84. The van der Waals surface area contributed by atoms with E-state index in [0.717, 1.165) is 5.82 Å². The number of hydrogen-bond donors (Lipinski definition) is 3. The molecule has 5 nitrogen and oxygen atoms in total. The zero-order valence-corrected chi connectivity index (χ0v) is 11.9. The predicted octanol–water partition coefficient (Wildman–Crippen LogP) is 2.40. The van der Waals surface area contributed by atoms with Crippen LogP contribution in [0.3, 0.4) is 0 Å². The molecule has 0 aliphatic carbocycles. The van der Waals surface area contributed by atoms with Gasteiger partial charge in [0.05, 0.1) is 24.4 Å². The maximum Gasteiger partial charge on any atom is 0.227 e. The normalized spacial score (nSPS) is 11.7. The van der Waals surface area contributed by atoms with Crippen LogP contribution < -0.4 is 10.6 Å². The molecule has 0 aliphatic heterocycles. The minimum atomic E-state index is -0.648. The van der Waals surface area contributed by atoms with Crippen LogP contribution >= 0.6 is 0 Å². The maximum atomic E-state index is 11.5. The van der Waals surface area contributed by atoms with E-state index >= 15 is 0 Å². The van der Waals surface area contributed by atoms with Gasteiger partial charge in [-0.05, 0) is 24.6 Å². The highest BCUT2D eigenvalue weighted by Gasteiger charge is 2.06. The third-order valence-corrected chi connectivity index (χ3v) is 2.84. The molecule has 0 saturated heterocycles. The van der Waals surface area contributed by atoms with Crippen LogP contribution in [0.1, 0.15) is 18.9 Å². The van der Waals surface area contributed by atoms with Crippen molar-refractivity contribution >= 4 is 17.4 Å². The van der Waals surface area contributed by atoms with Gasteiger partial charge in [0, 0.05) is 6.54 Å². The minimum absolute atomic E-state index is 0.0774. The molecular weight excluding hydrogens is 266 g/mol. The Kier molecular flexibility index (Phi) is 5.29. The van der Waals surface area contributed by atoms with E-state index in [4.69, 9.17) is 5.11 Å². The highest BCUT2D eigenvalue weighted by Crippen LogP contribution is 2.11. The summed E-state index contributed by atoms with van der Waals surface area (Å²) in [6.45, 7) is 2.27. The van der Waals surface area contributed by atoms with E-state index < -0.39 is 6.10 Å². The Labute approximate surface area is 124 Å². The first kappa shape index (κ1) is 15.0. The summed E-state index contributed by atoms with van der Waals surface area (Å²) >= 11 is 0. The lowest BCUT2D eigenvalue weighted by atomic mass is 10.2. The first-order valence-electron chi connectivity index (χ1n) is 6.85. The number of benzene rings is 1. The summed E-state index contributed by atoms with van der Waals surface area (Å²) in [4.78, 5) is 15.7. The van der Waals surface area contributed by atoms with Crippen molar-refractivity contribution in [2.75, 3.05) is 10.6 Å². The number of nitrogens with zero attached hydrogens (tertiary/aromatic N) is 1. The Morgan fingerprint density at radius 3 is 2.62 bits per heavy atom. The van der Waals surface area contributed by atoms with Crippen LogP contribution in [-0.4, -0.2) is 22.1 Å². The summed E-state index contributed by atoms with van der Waals surface area (Å²) in [7, 11) is 0. The fraction of sp³-hybridized carbons (Fsp3) is 0.250. The van der Waals surface area contributed by atoms with Crippen LogP contribution in [0.25, 0.3) is 0 Å². The van der Waals surface area contributed by atoms with Gasteiger partial charge in [-0.1, -0.05) is 30.3 Å². The van der Waals surface area contributed by atoms with Crippen molar-refractivity contribution in [3.63, 3.8) is 0 Å². The molecule has 0 fully saturated rings. The second kappa shape index (κ2) is 7.40.